The summed E-state index contributed by atoms with van der Waals surface area (Å²) in [4.78, 5) is 2.45. The molecule has 2 aliphatic rings. The third-order valence-corrected chi connectivity index (χ3v) is 9.63. The number of para-hydroxylation sites is 1. The number of ether oxygens (including phenoxy) is 1. The summed E-state index contributed by atoms with van der Waals surface area (Å²) in [6.45, 7) is 4.72. The van der Waals surface area contributed by atoms with Crippen molar-refractivity contribution in [3.8, 4) is 44.9 Å². The van der Waals surface area contributed by atoms with Crippen LogP contribution < -0.4 is 9.64 Å². The van der Waals surface area contributed by atoms with Crippen LogP contribution in [0.5, 0.6) is 11.5 Å². The largest absolute Gasteiger partial charge is 0.456 e. The molecule has 0 N–H and O–H groups in total. The quantitative estimate of drug-likeness (QED) is 0.206. The van der Waals surface area contributed by atoms with Crippen LogP contribution in [0.25, 0.3) is 44.2 Å². The zero-order valence-corrected chi connectivity index (χ0v) is 25.3. The predicted molar refractivity (Wildman–Crippen MR) is 187 cm³/mol. The maximum absolute atomic E-state index is 6.69. The molecule has 1 aliphatic heterocycles. The fourth-order valence-corrected chi connectivity index (χ4v) is 7.61. The average molecular weight is 578 g/mol. The Balaban J connectivity index is 1.27. The van der Waals surface area contributed by atoms with Crippen LogP contribution in [-0.2, 0) is 5.41 Å². The number of fused-ring (bicyclic) bond motifs is 5. The summed E-state index contributed by atoms with van der Waals surface area (Å²) >= 11 is 0. The molecule has 2 nitrogen and oxygen atoms in total. The number of hydrogen-bond donors (Lipinski definition) is 0. The number of benzene rings is 7. The molecule has 0 amide bonds. The van der Waals surface area contributed by atoms with Crippen molar-refractivity contribution in [1.29, 1.82) is 0 Å². The van der Waals surface area contributed by atoms with Crippen molar-refractivity contribution in [1.82, 2.24) is 0 Å². The minimum atomic E-state index is -0.152. The SMILES string of the molecule is CC1(C)c2ccccc2-c2cccc(N(c3ccccc3)c3ccc4c5c(cccc35)-c3ccc(-c5ccccc5)cc3O4)c21. The first-order valence-electron chi connectivity index (χ1n) is 15.6. The van der Waals surface area contributed by atoms with Crippen molar-refractivity contribution in [3.05, 3.63) is 163 Å². The zero-order chi connectivity index (χ0) is 30.1. The van der Waals surface area contributed by atoms with E-state index in [-0.39, 0.29) is 5.41 Å². The lowest BCUT2D eigenvalue weighted by molar-refractivity contribution is 0.487. The van der Waals surface area contributed by atoms with E-state index in [1.54, 1.807) is 0 Å². The topological polar surface area (TPSA) is 12.5 Å². The van der Waals surface area contributed by atoms with Gasteiger partial charge in [0, 0.05) is 27.4 Å². The highest BCUT2D eigenvalue weighted by Gasteiger charge is 2.39. The molecule has 2 heteroatoms. The van der Waals surface area contributed by atoms with Crippen LogP contribution in [0.1, 0.15) is 25.0 Å². The Morgan fingerprint density at radius 2 is 1.20 bits per heavy atom. The summed E-state index contributed by atoms with van der Waals surface area (Å²) in [5, 5.41) is 2.31. The van der Waals surface area contributed by atoms with Gasteiger partial charge in [0.1, 0.15) is 11.5 Å². The second-order valence-corrected chi connectivity index (χ2v) is 12.5. The van der Waals surface area contributed by atoms with Crippen LogP contribution in [0.15, 0.2) is 152 Å². The first kappa shape index (κ1) is 25.9. The number of anilines is 3. The monoisotopic (exact) mass is 577 g/mol. The molecule has 0 aromatic heterocycles. The van der Waals surface area contributed by atoms with Crippen molar-refractivity contribution in [3.63, 3.8) is 0 Å². The molecule has 0 atom stereocenters. The third-order valence-electron chi connectivity index (χ3n) is 9.63. The summed E-state index contributed by atoms with van der Waals surface area (Å²) in [5.74, 6) is 1.78. The van der Waals surface area contributed by atoms with Crippen LogP contribution in [0.2, 0.25) is 0 Å². The molecule has 214 valence electrons. The lowest BCUT2D eigenvalue weighted by atomic mass is 9.81. The summed E-state index contributed by atoms with van der Waals surface area (Å²) in [6, 6.07) is 54.5. The van der Waals surface area contributed by atoms with Crippen LogP contribution in [0, 0.1) is 0 Å². The highest BCUT2D eigenvalue weighted by molar-refractivity contribution is 6.11. The summed E-state index contributed by atoms with van der Waals surface area (Å²) in [6.07, 6.45) is 0. The van der Waals surface area contributed by atoms with Crippen LogP contribution >= 0.6 is 0 Å². The second-order valence-electron chi connectivity index (χ2n) is 12.5. The maximum Gasteiger partial charge on any atom is 0.136 e. The van der Waals surface area contributed by atoms with Gasteiger partial charge < -0.3 is 9.64 Å². The molecule has 0 unspecified atom stereocenters. The smallest absolute Gasteiger partial charge is 0.136 e. The molecule has 0 saturated heterocycles. The molecule has 0 fully saturated rings. The van der Waals surface area contributed by atoms with E-state index in [2.05, 4.69) is 170 Å². The standard InChI is InChI=1S/C43H31NO/c1-43(2)36-21-10-9-17-31(36)34-19-12-22-38(42(34)43)44(30-15-7-4-8-16-30)37-25-26-39-41-33(18-11-20-35(37)41)32-24-23-29(27-40(32)45-39)28-13-5-3-6-14-28/h3-27H,1-2H3. The lowest BCUT2D eigenvalue weighted by Gasteiger charge is -2.33. The predicted octanol–water partition coefficient (Wildman–Crippen LogP) is 12.1. The molecule has 0 spiro atoms. The van der Waals surface area contributed by atoms with Crippen molar-refractivity contribution >= 4 is 27.8 Å². The van der Waals surface area contributed by atoms with Gasteiger partial charge in [-0.1, -0.05) is 123 Å². The number of rotatable bonds is 4. The Kier molecular flexibility index (Phi) is 5.58. The molecule has 0 bridgehead atoms. The van der Waals surface area contributed by atoms with E-state index in [9.17, 15) is 0 Å². The molecule has 7 aromatic carbocycles. The van der Waals surface area contributed by atoms with Gasteiger partial charge in [-0.05, 0) is 81.4 Å². The van der Waals surface area contributed by atoms with Gasteiger partial charge >= 0.3 is 0 Å². The van der Waals surface area contributed by atoms with Gasteiger partial charge in [-0.25, -0.2) is 0 Å². The van der Waals surface area contributed by atoms with E-state index in [1.807, 2.05) is 0 Å². The van der Waals surface area contributed by atoms with E-state index < -0.39 is 0 Å². The highest BCUT2D eigenvalue weighted by atomic mass is 16.5. The third kappa shape index (κ3) is 3.82. The van der Waals surface area contributed by atoms with Gasteiger partial charge in [0.05, 0.1) is 11.4 Å². The number of hydrogen-bond acceptors (Lipinski definition) is 2. The van der Waals surface area contributed by atoms with Crippen molar-refractivity contribution < 1.29 is 4.74 Å². The normalized spacial score (nSPS) is 13.5. The molecule has 1 heterocycles. The molecule has 7 aromatic rings. The van der Waals surface area contributed by atoms with Gasteiger partial charge in [0.2, 0.25) is 0 Å². The van der Waals surface area contributed by atoms with E-state index >= 15 is 0 Å². The Labute approximate surface area is 263 Å². The van der Waals surface area contributed by atoms with Crippen LogP contribution in [0.4, 0.5) is 17.1 Å². The molecular formula is C43H31NO. The van der Waals surface area contributed by atoms with Crippen molar-refractivity contribution in [2.24, 2.45) is 0 Å². The van der Waals surface area contributed by atoms with Gasteiger partial charge in [-0.15, -0.1) is 0 Å². The highest BCUT2D eigenvalue weighted by Crippen LogP contribution is 2.56. The van der Waals surface area contributed by atoms with Gasteiger partial charge in [0.25, 0.3) is 0 Å². The maximum atomic E-state index is 6.69. The first-order valence-corrected chi connectivity index (χ1v) is 15.6. The Hall–Kier alpha value is -5.60. The van der Waals surface area contributed by atoms with Gasteiger partial charge in [0.15, 0.2) is 0 Å². The Bertz CT molecular complexity index is 2270. The lowest BCUT2D eigenvalue weighted by Crippen LogP contribution is -2.20. The van der Waals surface area contributed by atoms with Crippen LogP contribution in [-0.4, -0.2) is 0 Å². The van der Waals surface area contributed by atoms with E-state index in [4.69, 9.17) is 4.74 Å². The molecule has 9 rings (SSSR count). The minimum absolute atomic E-state index is 0.152. The Morgan fingerprint density at radius 3 is 2.04 bits per heavy atom. The summed E-state index contributed by atoms with van der Waals surface area (Å²) in [7, 11) is 0. The fraction of sp³-hybridized carbons (Fsp3) is 0.0698. The molecule has 1 aliphatic carbocycles. The molecular weight excluding hydrogens is 546 g/mol. The van der Waals surface area contributed by atoms with Crippen molar-refractivity contribution in [2.75, 3.05) is 4.90 Å². The summed E-state index contributed by atoms with van der Waals surface area (Å²) < 4.78 is 6.69. The zero-order valence-electron chi connectivity index (χ0n) is 25.3. The number of nitrogens with zero attached hydrogens (tertiary/aromatic N) is 1. The van der Waals surface area contributed by atoms with Crippen molar-refractivity contribution in [2.45, 2.75) is 19.3 Å². The van der Waals surface area contributed by atoms with E-state index in [0.717, 1.165) is 44.8 Å². The van der Waals surface area contributed by atoms with Gasteiger partial charge in [-0.2, -0.15) is 0 Å². The molecule has 0 saturated carbocycles. The average Bonchev–Trinajstić information content (AvgIpc) is 3.33. The summed E-state index contributed by atoms with van der Waals surface area (Å²) in [5.41, 5.74) is 13.3. The second kappa shape index (κ2) is 9.70. The molecule has 45 heavy (non-hydrogen) atoms. The van der Waals surface area contributed by atoms with Gasteiger partial charge in [-0.3, -0.25) is 0 Å². The van der Waals surface area contributed by atoms with E-state index in [0.29, 0.717) is 0 Å². The van der Waals surface area contributed by atoms with Crippen LogP contribution in [0.3, 0.4) is 0 Å². The minimum Gasteiger partial charge on any atom is -0.456 e. The Morgan fingerprint density at radius 1 is 0.489 bits per heavy atom. The first-order chi connectivity index (χ1) is 22.1. The fourth-order valence-electron chi connectivity index (χ4n) is 7.61. The van der Waals surface area contributed by atoms with E-state index in [1.165, 1.54) is 39.1 Å². The molecule has 0 radical (unpaired) electrons.